The molecule has 1 fully saturated rings. The minimum absolute atomic E-state index is 0.174. The van der Waals surface area contributed by atoms with Crippen molar-refractivity contribution in [3.05, 3.63) is 81.5 Å². The summed E-state index contributed by atoms with van der Waals surface area (Å²) < 4.78 is 5.44. The summed E-state index contributed by atoms with van der Waals surface area (Å²) in [6.45, 7) is 2.15. The van der Waals surface area contributed by atoms with E-state index in [4.69, 9.17) is 33.2 Å². The predicted molar refractivity (Wildman–Crippen MR) is 131 cm³/mol. The standard InChI is InChI=1S/C24H19Cl2N5O3/c25-17-5-6-21(28-14-17)29-24(33)19-11-18(26)12-20(31-7-9-34-10-8-31)22(19)30-23(32)16-3-1-15(13-27)2-4-16/h1-6,11-12,14H,7-10H2,(H,30,32)(H,28,29,33). The number of amides is 2. The Hall–Kier alpha value is -3.64. The van der Waals surface area contributed by atoms with Crippen LogP contribution < -0.4 is 15.5 Å². The molecule has 4 rings (SSSR count). The number of nitrogens with one attached hydrogen (secondary N) is 2. The molecule has 34 heavy (non-hydrogen) atoms. The second-order valence-corrected chi connectivity index (χ2v) is 8.28. The van der Waals surface area contributed by atoms with Crippen LogP contribution >= 0.6 is 23.2 Å². The van der Waals surface area contributed by atoms with Crippen LogP contribution in [0.5, 0.6) is 0 Å². The molecule has 0 bridgehead atoms. The van der Waals surface area contributed by atoms with E-state index >= 15 is 0 Å². The SMILES string of the molecule is N#Cc1ccc(C(=O)Nc2c(C(=O)Nc3ccc(Cl)cn3)cc(Cl)cc2N2CCOCC2)cc1. The van der Waals surface area contributed by atoms with E-state index in [0.717, 1.165) is 0 Å². The Bertz CT molecular complexity index is 1250. The van der Waals surface area contributed by atoms with Crippen LogP contribution in [0.25, 0.3) is 0 Å². The highest BCUT2D eigenvalue weighted by atomic mass is 35.5. The number of hydrogen-bond acceptors (Lipinski definition) is 6. The molecule has 2 aromatic carbocycles. The Kier molecular flexibility index (Phi) is 7.28. The van der Waals surface area contributed by atoms with E-state index < -0.39 is 11.8 Å². The van der Waals surface area contributed by atoms with Crippen molar-refractivity contribution in [2.75, 3.05) is 41.8 Å². The molecule has 2 heterocycles. The number of ether oxygens (including phenoxy) is 1. The fourth-order valence-corrected chi connectivity index (χ4v) is 3.80. The highest BCUT2D eigenvalue weighted by Gasteiger charge is 2.24. The zero-order valence-electron chi connectivity index (χ0n) is 17.8. The number of morpholine rings is 1. The Labute approximate surface area is 206 Å². The van der Waals surface area contributed by atoms with Crippen molar-refractivity contribution < 1.29 is 14.3 Å². The summed E-state index contributed by atoms with van der Waals surface area (Å²) in [4.78, 5) is 32.4. The minimum Gasteiger partial charge on any atom is -0.378 e. The van der Waals surface area contributed by atoms with E-state index in [1.54, 1.807) is 42.5 Å². The highest BCUT2D eigenvalue weighted by Crippen LogP contribution is 2.35. The van der Waals surface area contributed by atoms with Crippen LogP contribution in [-0.4, -0.2) is 43.1 Å². The molecule has 1 saturated heterocycles. The Morgan fingerprint density at radius 3 is 2.35 bits per heavy atom. The van der Waals surface area contributed by atoms with Gasteiger partial charge in [0.05, 0.1) is 46.8 Å². The van der Waals surface area contributed by atoms with Crippen LogP contribution in [0.15, 0.2) is 54.7 Å². The molecule has 1 aromatic heterocycles. The molecule has 0 radical (unpaired) electrons. The summed E-state index contributed by atoms with van der Waals surface area (Å²) in [7, 11) is 0. The molecule has 0 saturated carbocycles. The van der Waals surface area contributed by atoms with Gasteiger partial charge in [-0.3, -0.25) is 9.59 Å². The Morgan fingerprint density at radius 1 is 0.971 bits per heavy atom. The first-order valence-electron chi connectivity index (χ1n) is 10.4. The van der Waals surface area contributed by atoms with Crippen molar-refractivity contribution in [1.82, 2.24) is 4.98 Å². The number of rotatable bonds is 5. The summed E-state index contributed by atoms with van der Waals surface area (Å²) in [5.41, 5.74) is 1.87. The number of hydrogen-bond donors (Lipinski definition) is 2. The lowest BCUT2D eigenvalue weighted by molar-refractivity contribution is 0.102. The highest BCUT2D eigenvalue weighted by molar-refractivity contribution is 6.32. The summed E-state index contributed by atoms with van der Waals surface area (Å²) in [5.74, 6) is -0.631. The van der Waals surface area contributed by atoms with Gasteiger partial charge in [-0.1, -0.05) is 23.2 Å². The molecule has 1 aliphatic rings. The summed E-state index contributed by atoms with van der Waals surface area (Å²) >= 11 is 12.3. The van der Waals surface area contributed by atoms with Gasteiger partial charge in [0.2, 0.25) is 0 Å². The molecule has 172 valence electrons. The fraction of sp³-hybridized carbons (Fsp3) is 0.167. The van der Waals surface area contributed by atoms with E-state index in [1.165, 1.54) is 12.3 Å². The smallest absolute Gasteiger partial charge is 0.259 e. The number of halogens is 2. The Morgan fingerprint density at radius 2 is 1.71 bits per heavy atom. The monoisotopic (exact) mass is 495 g/mol. The summed E-state index contributed by atoms with van der Waals surface area (Å²) in [6.07, 6.45) is 1.42. The van der Waals surface area contributed by atoms with Gasteiger partial charge in [-0.05, 0) is 48.5 Å². The lowest BCUT2D eigenvalue weighted by atomic mass is 10.1. The van der Waals surface area contributed by atoms with E-state index in [0.29, 0.717) is 64.7 Å². The maximum absolute atomic E-state index is 13.2. The normalized spacial score (nSPS) is 13.1. The molecule has 0 spiro atoms. The predicted octanol–water partition coefficient (Wildman–Crippen LogP) is 4.60. The van der Waals surface area contributed by atoms with Crippen molar-refractivity contribution >= 4 is 52.2 Å². The third-order valence-corrected chi connectivity index (χ3v) is 5.60. The zero-order valence-corrected chi connectivity index (χ0v) is 19.4. The number of anilines is 3. The number of benzene rings is 2. The van der Waals surface area contributed by atoms with Gasteiger partial charge < -0.3 is 20.3 Å². The first-order valence-corrected chi connectivity index (χ1v) is 11.1. The van der Waals surface area contributed by atoms with Crippen LogP contribution in [0.4, 0.5) is 17.2 Å². The van der Waals surface area contributed by atoms with Crippen molar-refractivity contribution in [3.8, 4) is 6.07 Å². The average Bonchev–Trinajstić information content (AvgIpc) is 2.86. The van der Waals surface area contributed by atoms with Gasteiger partial charge in [0.15, 0.2) is 0 Å². The lowest BCUT2D eigenvalue weighted by Crippen LogP contribution is -2.37. The molecule has 2 amide bonds. The van der Waals surface area contributed by atoms with Crippen LogP contribution in [0.1, 0.15) is 26.3 Å². The number of nitriles is 1. The van der Waals surface area contributed by atoms with Crippen LogP contribution in [0.3, 0.4) is 0 Å². The van der Waals surface area contributed by atoms with Crippen molar-refractivity contribution in [3.63, 3.8) is 0 Å². The topological polar surface area (TPSA) is 107 Å². The molecule has 10 heteroatoms. The largest absolute Gasteiger partial charge is 0.378 e. The molecule has 0 aliphatic carbocycles. The van der Waals surface area contributed by atoms with Gasteiger partial charge in [0, 0.05) is 29.9 Å². The van der Waals surface area contributed by atoms with Gasteiger partial charge in [-0.2, -0.15) is 5.26 Å². The van der Waals surface area contributed by atoms with Crippen molar-refractivity contribution in [2.24, 2.45) is 0 Å². The first kappa shape index (κ1) is 23.5. The number of nitrogens with zero attached hydrogens (tertiary/aromatic N) is 3. The number of pyridine rings is 1. The maximum atomic E-state index is 13.2. The first-order chi connectivity index (χ1) is 16.4. The van der Waals surface area contributed by atoms with E-state index in [2.05, 4.69) is 15.6 Å². The van der Waals surface area contributed by atoms with Gasteiger partial charge in [0.1, 0.15) is 5.82 Å². The van der Waals surface area contributed by atoms with E-state index in [-0.39, 0.29) is 5.56 Å². The lowest BCUT2D eigenvalue weighted by Gasteiger charge is -2.31. The quantitative estimate of drug-likeness (QED) is 0.535. The number of carbonyl (C=O) groups is 2. The second kappa shape index (κ2) is 10.5. The third kappa shape index (κ3) is 5.46. The second-order valence-electron chi connectivity index (χ2n) is 7.41. The van der Waals surface area contributed by atoms with Crippen LogP contribution in [0.2, 0.25) is 10.0 Å². The molecule has 0 atom stereocenters. The van der Waals surface area contributed by atoms with Gasteiger partial charge >= 0.3 is 0 Å². The molecule has 3 aromatic rings. The molecule has 8 nitrogen and oxygen atoms in total. The van der Waals surface area contributed by atoms with E-state index in [1.807, 2.05) is 11.0 Å². The van der Waals surface area contributed by atoms with Gasteiger partial charge in [0.25, 0.3) is 11.8 Å². The maximum Gasteiger partial charge on any atom is 0.259 e. The minimum atomic E-state index is -0.498. The molecule has 0 unspecified atom stereocenters. The fourth-order valence-electron chi connectivity index (χ4n) is 3.47. The van der Waals surface area contributed by atoms with Crippen LogP contribution in [-0.2, 0) is 4.74 Å². The average molecular weight is 496 g/mol. The van der Waals surface area contributed by atoms with Gasteiger partial charge in [-0.15, -0.1) is 0 Å². The molecule has 2 N–H and O–H groups in total. The van der Waals surface area contributed by atoms with Crippen molar-refractivity contribution in [2.45, 2.75) is 0 Å². The van der Waals surface area contributed by atoms with E-state index in [9.17, 15) is 9.59 Å². The summed E-state index contributed by atoms with van der Waals surface area (Å²) in [6, 6.07) is 14.6. The molecular formula is C24H19Cl2N5O3. The number of carbonyl (C=O) groups excluding carboxylic acids is 2. The Balaban J connectivity index is 1.72. The zero-order chi connectivity index (χ0) is 24.1. The summed E-state index contributed by atoms with van der Waals surface area (Å²) in [5, 5.41) is 15.4. The third-order valence-electron chi connectivity index (χ3n) is 5.16. The van der Waals surface area contributed by atoms with Gasteiger partial charge in [-0.25, -0.2) is 4.98 Å². The molecular weight excluding hydrogens is 477 g/mol. The van der Waals surface area contributed by atoms with Crippen LogP contribution in [0, 0.1) is 11.3 Å². The molecule has 1 aliphatic heterocycles. The van der Waals surface area contributed by atoms with Crippen molar-refractivity contribution in [1.29, 1.82) is 5.26 Å². The number of aromatic nitrogens is 1.